The number of carbonyl (C=O) groups is 1. The Labute approximate surface area is 142 Å². The molecule has 4 atom stereocenters. The Morgan fingerprint density at radius 2 is 1.91 bits per heavy atom. The van der Waals surface area contributed by atoms with Crippen LogP contribution in [0.2, 0.25) is 0 Å². The third kappa shape index (κ3) is 2.17. The van der Waals surface area contributed by atoms with Crippen molar-refractivity contribution in [3.63, 3.8) is 0 Å². The van der Waals surface area contributed by atoms with Gasteiger partial charge in [0.25, 0.3) is 0 Å². The maximum Gasteiger partial charge on any atom is 0.232 e. The summed E-state index contributed by atoms with van der Waals surface area (Å²) in [4.78, 5) is 13.0. The highest BCUT2D eigenvalue weighted by atomic mass is 79.9. The molecule has 6 rings (SSSR count). The number of nitrogens with one attached hydrogen (secondary N) is 1. The minimum atomic E-state index is -0.168. The van der Waals surface area contributed by atoms with Crippen molar-refractivity contribution in [1.82, 2.24) is 10.2 Å². The summed E-state index contributed by atoms with van der Waals surface area (Å²) in [5, 5.41) is 13.3. The van der Waals surface area contributed by atoms with Crippen molar-refractivity contribution in [1.29, 1.82) is 0 Å². The Morgan fingerprint density at radius 3 is 2.55 bits per heavy atom. The molecule has 118 valence electrons. The normalized spacial score (nSPS) is 42.6. The Bertz CT molecular complexity index is 627. The second kappa shape index (κ2) is 4.53. The number of anilines is 1. The van der Waals surface area contributed by atoms with Gasteiger partial charge in [-0.25, -0.2) is 0 Å². The molecule has 22 heavy (non-hydrogen) atoms. The molecular weight excluding hydrogens is 362 g/mol. The first-order chi connectivity index (χ1) is 10.5. The highest BCUT2D eigenvalue weighted by molar-refractivity contribution is 9.10. The van der Waals surface area contributed by atoms with E-state index in [0.717, 1.165) is 36.1 Å². The number of carbonyl (C=O) groups excluding carboxylic acids is 1. The lowest BCUT2D eigenvalue weighted by Gasteiger charge is -2.59. The van der Waals surface area contributed by atoms with Crippen LogP contribution in [0.3, 0.4) is 0 Å². The lowest BCUT2D eigenvalue weighted by Crippen LogP contribution is -2.57. The molecular formula is C16H20BrN3OS. The molecule has 6 heteroatoms. The number of aromatic nitrogens is 2. The third-order valence-electron chi connectivity index (χ3n) is 6.06. The first kappa shape index (κ1) is 13.9. The van der Waals surface area contributed by atoms with Gasteiger partial charge in [-0.3, -0.25) is 4.79 Å². The van der Waals surface area contributed by atoms with Gasteiger partial charge in [0.05, 0.1) is 5.41 Å². The second-order valence-corrected chi connectivity index (χ2v) is 10.8. The van der Waals surface area contributed by atoms with Gasteiger partial charge >= 0.3 is 0 Å². The standard InChI is InChI=1S/C16H20BrN3OS/c17-16-6-9-3-10(7-16)5-15(4-9,8-16)13(21)18-14-20-19-12(22-14)11-1-2-11/h9-11H,1-8H2,(H,18,20,21)/t9-,10+,15?,16?. The van der Waals surface area contributed by atoms with Crippen LogP contribution in [-0.4, -0.2) is 20.4 Å². The smallest absolute Gasteiger partial charge is 0.232 e. The van der Waals surface area contributed by atoms with Crippen molar-refractivity contribution >= 4 is 38.3 Å². The van der Waals surface area contributed by atoms with Crippen molar-refractivity contribution in [2.75, 3.05) is 5.32 Å². The molecule has 1 N–H and O–H groups in total. The lowest BCUT2D eigenvalue weighted by atomic mass is 9.49. The Morgan fingerprint density at radius 1 is 1.18 bits per heavy atom. The Balaban J connectivity index is 1.37. The van der Waals surface area contributed by atoms with E-state index in [1.807, 2.05) is 0 Å². The minimum absolute atomic E-state index is 0.168. The van der Waals surface area contributed by atoms with Crippen LogP contribution in [0, 0.1) is 17.3 Å². The van der Waals surface area contributed by atoms with Gasteiger partial charge in [0.15, 0.2) is 0 Å². The summed E-state index contributed by atoms with van der Waals surface area (Å²) in [5.74, 6) is 2.25. The van der Waals surface area contributed by atoms with E-state index >= 15 is 0 Å². The van der Waals surface area contributed by atoms with E-state index < -0.39 is 0 Å². The molecule has 5 aliphatic carbocycles. The van der Waals surface area contributed by atoms with E-state index in [1.54, 1.807) is 11.3 Å². The molecule has 0 spiro atoms. The fourth-order valence-corrected chi connectivity index (χ4v) is 7.79. The van der Waals surface area contributed by atoms with Gasteiger partial charge in [-0.05, 0) is 63.2 Å². The first-order valence-corrected chi connectivity index (χ1v) is 9.98. The van der Waals surface area contributed by atoms with Gasteiger partial charge in [0.2, 0.25) is 11.0 Å². The number of halogens is 1. The largest absolute Gasteiger partial charge is 0.300 e. The van der Waals surface area contributed by atoms with Crippen molar-refractivity contribution in [2.45, 2.75) is 61.6 Å². The summed E-state index contributed by atoms with van der Waals surface area (Å²) in [6, 6.07) is 0. The van der Waals surface area contributed by atoms with Crippen molar-refractivity contribution in [3.8, 4) is 0 Å². The van der Waals surface area contributed by atoms with Gasteiger partial charge in [-0.1, -0.05) is 27.3 Å². The molecule has 0 aromatic carbocycles. The van der Waals surface area contributed by atoms with Gasteiger partial charge in [0.1, 0.15) is 5.01 Å². The number of nitrogens with zero attached hydrogens (tertiary/aromatic N) is 2. The highest BCUT2D eigenvalue weighted by Gasteiger charge is 2.59. The van der Waals surface area contributed by atoms with Crippen LogP contribution < -0.4 is 5.32 Å². The zero-order valence-electron chi connectivity index (χ0n) is 12.5. The van der Waals surface area contributed by atoms with E-state index in [0.29, 0.717) is 11.0 Å². The number of hydrogen-bond donors (Lipinski definition) is 1. The average Bonchev–Trinajstić information content (AvgIpc) is 3.17. The van der Waals surface area contributed by atoms with Gasteiger partial charge < -0.3 is 5.32 Å². The van der Waals surface area contributed by atoms with Crippen molar-refractivity contribution < 1.29 is 4.79 Å². The molecule has 4 nitrogen and oxygen atoms in total. The molecule has 5 saturated carbocycles. The maximum absolute atomic E-state index is 13.0. The maximum atomic E-state index is 13.0. The average molecular weight is 382 g/mol. The molecule has 1 heterocycles. The summed E-state index contributed by atoms with van der Waals surface area (Å²) in [7, 11) is 0. The monoisotopic (exact) mass is 381 g/mol. The third-order valence-corrected chi connectivity index (χ3v) is 7.99. The second-order valence-electron chi connectivity index (χ2n) is 8.07. The van der Waals surface area contributed by atoms with Crippen LogP contribution in [0.4, 0.5) is 5.13 Å². The molecule has 1 amide bonds. The number of hydrogen-bond acceptors (Lipinski definition) is 4. The summed E-state index contributed by atoms with van der Waals surface area (Å²) in [6.45, 7) is 0. The fraction of sp³-hybridized carbons (Fsp3) is 0.812. The molecule has 0 radical (unpaired) electrons. The Hall–Kier alpha value is -0.490. The number of rotatable bonds is 3. The first-order valence-electron chi connectivity index (χ1n) is 8.37. The van der Waals surface area contributed by atoms with Crippen LogP contribution >= 0.6 is 27.3 Å². The molecule has 1 aromatic heterocycles. The molecule has 5 aliphatic rings. The number of alkyl halides is 1. The SMILES string of the molecule is O=C(Nc1nnc(C2CC2)s1)C12C[C@@H]3C[C@@H](CC(Br)(C3)C1)C2. The summed E-state index contributed by atoms with van der Waals surface area (Å²) in [5.41, 5.74) is -0.168. The zero-order valence-corrected chi connectivity index (χ0v) is 14.9. The zero-order chi connectivity index (χ0) is 14.9. The summed E-state index contributed by atoms with van der Waals surface area (Å²) in [6.07, 6.45) is 9.41. The molecule has 0 saturated heterocycles. The van der Waals surface area contributed by atoms with Gasteiger partial charge in [0, 0.05) is 10.2 Å². The van der Waals surface area contributed by atoms with E-state index in [-0.39, 0.29) is 15.6 Å². The van der Waals surface area contributed by atoms with Crippen LogP contribution in [0.5, 0.6) is 0 Å². The molecule has 4 bridgehead atoms. The van der Waals surface area contributed by atoms with Gasteiger partial charge in [-0.15, -0.1) is 10.2 Å². The molecule has 1 aromatic rings. The van der Waals surface area contributed by atoms with Crippen LogP contribution in [-0.2, 0) is 4.79 Å². The summed E-state index contributed by atoms with van der Waals surface area (Å²) < 4.78 is 0.217. The minimum Gasteiger partial charge on any atom is -0.300 e. The van der Waals surface area contributed by atoms with E-state index in [2.05, 4.69) is 31.4 Å². The predicted octanol–water partition coefficient (Wildman–Crippen LogP) is 4.09. The van der Waals surface area contributed by atoms with Crippen LogP contribution in [0.15, 0.2) is 0 Å². The fourth-order valence-electron chi connectivity index (χ4n) is 5.43. The quantitative estimate of drug-likeness (QED) is 0.802. The molecule has 2 unspecified atom stereocenters. The Kier molecular flexibility index (Phi) is 2.86. The molecule has 5 fully saturated rings. The van der Waals surface area contributed by atoms with Crippen molar-refractivity contribution in [2.24, 2.45) is 17.3 Å². The lowest BCUT2D eigenvalue weighted by molar-refractivity contribution is -0.138. The van der Waals surface area contributed by atoms with Crippen molar-refractivity contribution in [3.05, 3.63) is 5.01 Å². The van der Waals surface area contributed by atoms with Crippen LogP contribution in [0.1, 0.15) is 62.3 Å². The van der Waals surface area contributed by atoms with E-state index in [1.165, 1.54) is 32.1 Å². The van der Waals surface area contributed by atoms with E-state index in [4.69, 9.17) is 0 Å². The van der Waals surface area contributed by atoms with Crippen LogP contribution in [0.25, 0.3) is 0 Å². The summed E-state index contributed by atoms with van der Waals surface area (Å²) >= 11 is 5.54. The highest BCUT2D eigenvalue weighted by Crippen LogP contribution is 2.64. The van der Waals surface area contributed by atoms with Gasteiger partial charge in [-0.2, -0.15) is 0 Å². The molecule has 0 aliphatic heterocycles. The topological polar surface area (TPSA) is 54.9 Å². The van der Waals surface area contributed by atoms with E-state index in [9.17, 15) is 4.79 Å². The predicted molar refractivity (Wildman–Crippen MR) is 89.3 cm³/mol. The number of amides is 1.